The third-order valence-electron chi connectivity index (χ3n) is 2.24. The molecule has 3 heteroatoms. The molecule has 1 aliphatic heterocycles. The van der Waals surface area contributed by atoms with Gasteiger partial charge in [0.15, 0.2) is 0 Å². The molecular weight excluding hydrogens is 162 g/mol. The molecule has 1 aliphatic rings. The highest BCUT2D eigenvalue weighted by atomic mass is 14.9. The van der Waals surface area contributed by atoms with Gasteiger partial charge in [-0.1, -0.05) is 12.2 Å². The fraction of sp³-hybridized carbons (Fsp3) is 0.400. The molecule has 2 rings (SSSR count). The van der Waals surface area contributed by atoms with Crippen molar-refractivity contribution in [3.63, 3.8) is 0 Å². The van der Waals surface area contributed by atoms with E-state index in [1.165, 1.54) is 6.42 Å². The van der Waals surface area contributed by atoms with E-state index >= 15 is 0 Å². The Morgan fingerprint density at radius 3 is 2.92 bits per heavy atom. The van der Waals surface area contributed by atoms with Crippen molar-refractivity contribution >= 4 is 6.08 Å². The topological polar surface area (TPSA) is 37.8 Å². The maximum absolute atomic E-state index is 3.95. The van der Waals surface area contributed by atoms with Crippen molar-refractivity contribution in [1.82, 2.24) is 15.3 Å². The van der Waals surface area contributed by atoms with Gasteiger partial charge in [0.25, 0.3) is 0 Å². The first-order valence-electron chi connectivity index (χ1n) is 4.59. The monoisotopic (exact) mass is 175 g/mol. The van der Waals surface area contributed by atoms with Crippen molar-refractivity contribution in [1.29, 1.82) is 0 Å². The molecule has 3 nitrogen and oxygen atoms in total. The highest BCUT2D eigenvalue weighted by Gasteiger charge is 2.09. The zero-order chi connectivity index (χ0) is 8.93. The lowest BCUT2D eigenvalue weighted by atomic mass is 10.1. The number of rotatable bonds is 2. The largest absolute Gasteiger partial charge is 0.316 e. The van der Waals surface area contributed by atoms with Gasteiger partial charge in [0.1, 0.15) is 6.33 Å². The Hall–Kier alpha value is -1.22. The molecule has 1 unspecified atom stereocenters. The van der Waals surface area contributed by atoms with Gasteiger partial charge in [-0.3, -0.25) is 0 Å². The average molecular weight is 175 g/mol. The van der Waals surface area contributed by atoms with Crippen LogP contribution in [0.3, 0.4) is 0 Å². The van der Waals surface area contributed by atoms with Gasteiger partial charge in [0.2, 0.25) is 0 Å². The van der Waals surface area contributed by atoms with Gasteiger partial charge in [-0.2, -0.15) is 0 Å². The first-order valence-corrected chi connectivity index (χ1v) is 4.59. The number of nitrogens with zero attached hydrogens (tertiary/aromatic N) is 2. The van der Waals surface area contributed by atoms with Crippen LogP contribution in [0.15, 0.2) is 24.8 Å². The Morgan fingerprint density at radius 1 is 1.38 bits per heavy atom. The van der Waals surface area contributed by atoms with Crippen molar-refractivity contribution < 1.29 is 0 Å². The lowest BCUT2D eigenvalue weighted by Crippen LogP contribution is -2.07. The second-order valence-electron chi connectivity index (χ2n) is 3.28. The maximum Gasteiger partial charge on any atom is 0.115 e. The van der Waals surface area contributed by atoms with E-state index in [1.807, 2.05) is 12.4 Å². The summed E-state index contributed by atoms with van der Waals surface area (Å²) >= 11 is 0. The first-order chi connectivity index (χ1) is 6.45. The van der Waals surface area contributed by atoms with Crippen molar-refractivity contribution in [2.75, 3.05) is 13.1 Å². The van der Waals surface area contributed by atoms with Crippen LogP contribution < -0.4 is 5.32 Å². The molecule has 1 N–H and O–H groups in total. The van der Waals surface area contributed by atoms with Crippen LogP contribution in [0.2, 0.25) is 0 Å². The molecule has 1 aromatic heterocycles. The summed E-state index contributed by atoms with van der Waals surface area (Å²) in [4.78, 5) is 7.90. The van der Waals surface area contributed by atoms with Crippen LogP contribution >= 0.6 is 0 Å². The molecular formula is C10H13N3. The van der Waals surface area contributed by atoms with Gasteiger partial charge in [-0.25, -0.2) is 9.97 Å². The molecule has 1 saturated heterocycles. The van der Waals surface area contributed by atoms with E-state index in [4.69, 9.17) is 0 Å². The molecule has 0 amide bonds. The van der Waals surface area contributed by atoms with Crippen molar-refractivity contribution in [2.45, 2.75) is 6.42 Å². The first kappa shape index (κ1) is 8.38. The summed E-state index contributed by atoms with van der Waals surface area (Å²) in [5.41, 5.74) is 1.08. The number of hydrogen-bond acceptors (Lipinski definition) is 3. The van der Waals surface area contributed by atoms with E-state index in [0.717, 1.165) is 18.7 Å². The van der Waals surface area contributed by atoms with E-state index < -0.39 is 0 Å². The van der Waals surface area contributed by atoms with E-state index in [-0.39, 0.29) is 0 Å². The molecule has 68 valence electrons. The summed E-state index contributed by atoms with van der Waals surface area (Å²) < 4.78 is 0. The average Bonchev–Trinajstić information content (AvgIpc) is 2.69. The predicted molar refractivity (Wildman–Crippen MR) is 52.0 cm³/mol. The van der Waals surface area contributed by atoms with Gasteiger partial charge >= 0.3 is 0 Å². The lowest BCUT2D eigenvalue weighted by Gasteiger charge is -1.98. The minimum absolute atomic E-state index is 0.681. The molecule has 0 aromatic carbocycles. The smallest absolute Gasteiger partial charge is 0.115 e. The summed E-state index contributed by atoms with van der Waals surface area (Å²) in [5, 5.41) is 3.33. The molecule has 0 aliphatic carbocycles. The van der Waals surface area contributed by atoms with Gasteiger partial charge in [-0.05, 0) is 18.9 Å². The van der Waals surface area contributed by atoms with Crippen LogP contribution in [-0.2, 0) is 0 Å². The maximum atomic E-state index is 3.95. The number of nitrogens with one attached hydrogen (secondary N) is 1. The Bertz CT molecular complexity index is 275. The van der Waals surface area contributed by atoms with Crippen LogP contribution in [0.5, 0.6) is 0 Å². The summed E-state index contributed by atoms with van der Waals surface area (Å²) in [6.07, 6.45) is 10.8. The second-order valence-corrected chi connectivity index (χ2v) is 3.28. The fourth-order valence-electron chi connectivity index (χ4n) is 1.49. The quantitative estimate of drug-likeness (QED) is 0.731. The third-order valence-corrected chi connectivity index (χ3v) is 2.24. The van der Waals surface area contributed by atoms with Crippen molar-refractivity contribution in [2.24, 2.45) is 5.92 Å². The number of aromatic nitrogens is 2. The molecule has 0 bridgehead atoms. The van der Waals surface area contributed by atoms with Crippen LogP contribution in [0.25, 0.3) is 6.08 Å². The van der Waals surface area contributed by atoms with Crippen LogP contribution in [0, 0.1) is 5.92 Å². The Kier molecular flexibility index (Phi) is 2.67. The van der Waals surface area contributed by atoms with Gasteiger partial charge in [-0.15, -0.1) is 0 Å². The number of hydrogen-bond donors (Lipinski definition) is 1. The fourth-order valence-corrected chi connectivity index (χ4v) is 1.49. The van der Waals surface area contributed by atoms with Crippen molar-refractivity contribution in [3.05, 3.63) is 30.4 Å². The van der Waals surface area contributed by atoms with Crippen LogP contribution in [-0.4, -0.2) is 23.1 Å². The van der Waals surface area contributed by atoms with Gasteiger partial charge in [0.05, 0.1) is 0 Å². The molecule has 1 fully saturated rings. The minimum Gasteiger partial charge on any atom is -0.316 e. The molecule has 0 spiro atoms. The normalized spacial score (nSPS) is 22.6. The second kappa shape index (κ2) is 4.14. The molecule has 1 atom stereocenters. The standard InChI is InChI=1S/C10H13N3/c1(9-3-4-11-5-9)2-10-6-12-8-13-7-10/h1-2,6-9,11H,3-5H2/b2-1+. The molecule has 2 heterocycles. The summed E-state index contributed by atoms with van der Waals surface area (Å²) in [5.74, 6) is 0.681. The summed E-state index contributed by atoms with van der Waals surface area (Å²) in [7, 11) is 0. The summed E-state index contributed by atoms with van der Waals surface area (Å²) in [6.45, 7) is 2.24. The van der Waals surface area contributed by atoms with Crippen molar-refractivity contribution in [3.8, 4) is 0 Å². The van der Waals surface area contributed by atoms with E-state index in [1.54, 1.807) is 6.33 Å². The van der Waals surface area contributed by atoms with E-state index in [0.29, 0.717) is 5.92 Å². The van der Waals surface area contributed by atoms with Gasteiger partial charge < -0.3 is 5.32 Å². The molecule has 1 aromatic rings. The predicted octanol–water partition coefficient (Wildman–Crippen LogP) is 1.10. The lowest BCUT2D eigenvalue weighted by molar-refractivity contribution is 0.731. The SMILES string of the molecule is C(=C\C1CCNC1)/c1cncnc1. The minimum atomic E-state index is 0.681. The third kappa shape index (κ3) is 2.36. The molecule has 13 heavy (non-hydrogen) atoms. The summed E-state index contributed by atoms with van der Waals surface area (Å²) in [6, 6.07) is 0. The van der Waals surface area contributed by atoms with Gasteiger partial charge in [0, 0.05) is 24.5 Å². The van der Waals surface area contributed by atoms with E-state index in [9.17, 15) is 0 Å². The highest BCUT2D eigenvalue weighted by molar-refractivity contribution is 5.46. The van der Waals surface area contributed by atoms with E-state index in [2.05, 4.69) is 27.4 Å². The Labute approximate surface area is 77.9 Å². The molecule has 0 radical (unpaired) electrons. The zero-order valence-corrected chi connectivity index (χ0v) is 7.48. The van der Waals surface area contributed by atoms with Crippen LogP contribution in [0.1, 0.15) is 12.0 Å². The zero-order valence-electron chi connectivity index (χ0n) is 7.48. The van der Waals surface area contributed by atoms with Crippen LogP contribution in [0.4, 0.5) is 0 Å². The molecule has 0 saturated carbocycles. The highest BCUT2D eigenvalue weighted by Crippen LogP contribution is 2.10. The Morgan fingerprint density at radius 2 is 2.23 bits per heavy atom. The Balaban J connectivity index is 1.97.